The predicted octanol–water partition coefficient (Wildman–Crippen LogP) is 3.27. The van der Waals surface area contributed by atoms with Crippen LogP contribution in [-0.2, 0) is 6.54 Å². The van der Waals surface area contributed by atoms with Gasteiger partial charge in [0.1, 0.15) is 17.9 Å². The number of benzene rings is 2. The van der Waals surface area contributed by atoms with Crippen molar-refractivity contribution in [1.82, 2.24) is 9.97 Å². The fraction of sp³-hybridized carbons (Fsp3) is 0.176. The van der Waals surface area contributed by atoms with E-state index in [9.17, 15) is 0 Å². The number of ether oxygens (including phenoxy) is 1. The van der Waals surface area contributed by atoms with Crippen molar-refractivity contribution in [3.63, 3.8) is 0 Å². The topological polar surface area (TPSA) is 38.2 Å². The van der Waals surface area contributed by atoms with Crippen LogP contribution < -0.4 is 9.64 Å². The van der Waals surface area contributed by atoms with E-state index in [0.717, 1.165) is 29.0 Å². The molecule has 106 valence electrons. The molecule has 3 rings (SSSR count). The van der Waals surface area contributed by atoms with Gasteiger partial charge in [-0.15, -0.1) is 0 Å². The first-order valence-corrected chi connectivity index (χ1v) is 6.82. The van der Waals surface area contributed by atoms with Crippen molar-refractivity contribution in [1.29, 1.82) is 0 Å². The van der Waals surface area contributed by atoms with E-state index in [1.165, 1.54) is 5.56 Å². The van der Waals surface area contributed by atoms with E-state index < -0.39 is 0 Å². The van der Waals surface area contributed by atoms with Crippen LogP contribution in [0, 0.1) is 0 Å². The average molecular weight is 279 g/mol. The van der Waals surface area contributed by atoms with Gasteiger partial charge in [-0.1, -0.05) is 24.3 Å². The number of para-hydroxylation sites is 1. The first-order valence-electron chi connectivity index (χ1n) is 6.82. The predicted molar refractivity (Wildman–Crippen MR) is 84.6 cm³/mol. The fourth-order valence-electron chi connectivity index (χ4n) is 2.37. The summed E-state index contributed by atoms with van der Waals surface area (Å²) < 4.78 is 5.18. The Morgan fingerprint density at radius 3 is 2.52 bits per heavy atom. The molecule has 0 N–H and O–H groups in total. The molecular formula is C17H17N3O. The Morgan fingerprint density at radius 1 is 1.00 bits per heavy atom. The SMILES string of the molecule is COc1ccc(CN(C)c2ncnc3ccccc23)cc1. The van der Waals surface area contributed by atoms with Crippen molar-refractivity contribution >= 4 is 16.7 Å². The number of anilines is 1. The van der Waals surface area contributed by atoms with Crippen LogP contribution in [0.4, 0.5) is 5.82 Å². The zero-order chi connectivity index (χ0) is 14.7. The zero-order valence-electron chi connectivity index (χ0n) is 12.2. The van der Waals surface area contributed by atoms with Crippen LogP contribution in [0.5, 0.6) is 5.75 Å². The van der Waals surface area contributed by atoms with Crippen molar-refractivity contribution in [2.45, 2.75) is 6.54 Å². The van der Waals surface area contributed by atoms with E-state index in [1.807, 2.05) is 37.4 Å². The van der Waals surface area contributed by atoms with Gasteiger partial charge < -0.3 is 9.64 Å². The Balaban J connectivity index is 1.88. The summed E-state index contributed by atoms with van der Waals surface area (Å²) in [5.41, 5.74) is 2.17. The number of rotatable bonds is 4. The first kappa shape index (κ1) is 13.4. The Labute approximate surface area is 124 Å². The molecule has 1 heterocycles. The van der Waals surface area contributed by atoms with Crippen molar-refractivity contribution in [2.75, 3.05) is 19.1 Å². The molecule has 4 heteroatoms. The second kappa shape index (κ2) is 5.79. The number of methoxy groups -OCH3 is 1. The molecule has 0 aliphatic carbocycles. The molecular weight excluding hydrogens is 262 g/mol. The Hall–Kier alpha value is -2.62. The summed E-state index contributed by atoms with van der Waals surface area (Å²) in [5, 5.41) is 1.07. The van der Waals surface area contributed by atoms with Gasteiger partial charge in [-0.25, -0.2) is 9.97 Å². The number of aromatic nitrogens is 2. The van der Waals surface area contributed by atoms with Crippen LogP contribution in [0.15, 0.2) is 54.9 Å². The van der Waals surface area contributed by atoms with E-state index in [0.29, 0.717) is 0 Å². The van der Waals surface area contributed by atoms with E-state index in [4.69, 9.17) is 4.74 Å². The highest BCUT2D eigenvalue weighted by Crippen LogP contribution is 2.23. The number of hydrogen-bond acceptors (Lipinski definition) is 4. The number of fused-ring (bicyclic) bond motifs is 1. The van der Waals surface area contributed by atoms with Gasteiger partial charge in [0.25, 0.3) is 0 Å². The van der Waals surface area contributed by atoms with Gasteiger partial charge in [0.05, 0.1) is 12.6 Å². The van der Waals surface area contributed by atoms with Crippen molar-refractivity contribution in [2.24, 2.45) is 0 Å². The fourth-order valence-corrected chi connectivity index (χ4v) is 2.37. The van der Waals surface area contributed by atoms with Gasteiger partial charge >= 0.3 is 0 Å². The quantitative estimate of drug-likeness (QED) is 0.734. The van der Waals surface area contributed by atoms with Gasteiger partial charge in [0, 0.05) is 19.0 Å². The summed E-state index contributed by atoms with van der Waals surface area (Å²) in [7, 11) is 3.72. The minimum Gasteiger partial charge on any atom is -0.497 e. The van der Waals surface area contributed by atoms with Crippen molar-refractivity contribution < 1.29 is 4.74 Å². The molecule has 0 aliphatic rings. The molecule has 0 saturated carbocycles. The largest absolute Gasteiger partial charge is 0.497 e. The highest BCUT2D eigenvalue weighted by Gasteiger charge is 2.08. The summed E-state index contributed by atoms with van der Waals surface area (Å²) in [6, 6.07) is 16.1. The molecule has 0 amide bonds. The van der Waals surface area contributed by atoms with Gasteiger partial charge in [-0.2, -0.15) is 0 Å². The summed E-state index contributed by atoms with van der Waals surface area (Å²) >= 11 is 0. The molecule has 0 saturated heterocycles. The third kappa shape index (κ3) is 2.79. The molecule has 0 radical (unpaired) electrons. The van der Waals surface area contributed by atoms with Crippen molar-refractivity contribution in [3.05, 3.63) is 60.4 Å². The lowest BCUT2D eigenvalue weighted by atomic mass is 10.2. The Morgan fingerprint density at radius 2 is 1.76 bits per heavy atom. The van der Waals surface area contributed by atoms with Crippen LogP contribution >= 0.6 is 0 Å². The standard InChI is InChI=1S/C17H17N3O/c1-20(11-13-7-9-14(21-2)10-8-13)17-15-5-3-4-6-16(15)18-12-19-17/h3-10,12H,11H2,1-2H3. The normalized spacial score (nSPS) is 10.6. The molecule has 4 nitrogen and oxygen atoms in total. The lowest BCUT2D eigenvalue weighted by Gasteiger charge is -2.19. The maximum absolute atomic E-state index is 5.18. The van der Waals surface area contributed by atoms with Gasteiger partial charge in [-0.3, -0.25) is 0 Å². The zero-order valence-corrected chi connectivity index (χ0v) is 12.2. The molecule has 0 spiro atoms. The van der Waals surface area contributed by atoms with Crippen LogP contribution in [0.1, 0.15) is 5.56 Å². The third-order valence-corrected chi connectivity index (χ3v) is 3.46. The minimum atomic E-state index is 0.783. The third-order valence-electron chi connectivity index (χ3n) is 3.46. The molecule has 0 bridgehead atoms. The van der Waals surface area contributed by atoms with Gasteiger partial charge in [0.2, 0.25) is 0 Å². The monoisotopic (exact) mass is 279 g/mol. The minimum absolute atomic E-state index is 0.783. The van der Waals surface area contributed by atoms with Gasteiger partial charge in [0.15, 0.2) is 0 Å². The summed E-state index contributed by atoms with van der Waals surface area (Å²) in [6.45, 7) is 0.783. The number of nitrogens with zero attached hydrogens (tertiary/aromatic N) is 3. The molecule has 0 fully saturated rings. The lowest BCUT2D eigenvalue weighted by Crippen LogP contribution is -2.18. The molecule has 0 aliphatic heterocycles. The molecule has 1 aromatic heterocycles. The van der Waals surface area contributed by atoms with Crippen LogP contribution in [-0.4, -0.2) is 24.1 Å². The lowest BCUT2D eigenvalue weighted by molar-refractivity contribution is 0.414. The maximum atomic E-state index is 5.18. The molecule has 3 aromatic rings. The van der Waals surface area contributed by atoms with E-state index in [-0.39, 0.29) is 0 Å². The molecule has 2 aromatic carbocycles. The smallest absolute Gasteiger partial charge is 0.139 e. The maximum Gasteiger partial charge on any atom is 0.139 e. The molecule has 21 heavy (non-hydrogen) atoms. The van der Waals surface area contributed by atoms with E-state index >= 15 is 0 Å². The summed E-state index contributed by atoms with van der Waals surface area (Å²) in [4.78, 5) is 10.9. The molecule has 0 unspecified atom stereocenters. The summed E-state index contributed by atoms with van der Waals surface area (Å²) in [6.07, 6.45) is 1.61. The number of hydrogen-bond donors (Lipinski definition) is 0. The second-order valence-corrected chi connectivity index (χ2v) is 4.92. The first-order chi connectivity index (χ1) is 10.3. The highest BCUT2D eigenvalue weighted by atomic mass is 16.5. The molecule has 0 atom stereocenters. The Kier molecular flexibility index (Phi) is 3.69. The van der Waals surface area contributed by atoms with Gasteiger partial charge in [-0.05, 0) is 29.8 Å². The van der Waals surface area contributed by atoms with Crippen LogP contribution in [0.2, 0.25) is 0 Å². The van der Waals surface area contributed by atoms with E-state index in [2.05, 4.69) is 33.1 Å². The van der Waals surface area contributed by atoms with E-state index in [1.54, 1.807) is 13.4 Å². The average Bonchev–Trinajstić information content (AvgIpc) is 2.55. The second-order valence-electron chi connectivity index (χ2n) is 4.92. The highest BCUT2D eigenvalue weighted by molar-refractivity contribution is 5.89. The summed E-state index contributed by atoms with van der Waals surface area (Å²) in [5.74, 6) is 1.81. The Bertz CT molecular complexity index is 735. The van der Waals surface area contributed by atoms with Crippen molar-refractivity contribution in [3.8, 4) is 5.75 Å². The van der Waals surface area contributed by atoms with Crippen LogP contribution in [0.25, 0.3) is 10.9 Å². The van der Waals surface area contributed by atoms with Crippen LogP contribution in [0.3, 0.4) is 0 Å².